The van der Waals surface area contributed by atoms with Crippen LogP contribution in [0.3, 0.4) is 0 Å². The lowest BCUT2D eigenvalue weighted by Crippen LogP contribution is -2.08. The number of carbonyl (C=O) groups is 1. The number of thiazole rings is 1. The zero-order valence-electron chi connectivity index (χ0n) is 18.0. The van der Waals surface area contributed by atoms with Crippen molar-refractivity contribution in [3.8, 4) is 28.8 Å². The molecule has 1 amide bonds. The highest BCUT2D eigenvalue weighted by Gasteiger charge is 2.17. The summed E-state index contributed by atoms with van der Waals surface area (Å²) < 4.78 is 5.90. The standard InChI is InChI=1S/C27H21N3O2S/c1-2-24(31)29-27-25(20-11-5-3-6-12-20)30-26(33-27)21(18-28)16-19-10-9-15-23(17-19)32-22-13-7-4-8-14-22/h3-17H,2H2,1H3,(H,29,31)/b21-16+. The van der Waals surface area contributed by atoms with Crippen molar-refractivity contribution >= 4 is 33.9 Å². The number of allylic oxidation sites excluding steroid dienone is 1. The van der Waals surface area contributed by atoms with Crippen LogP contribution in [0.5, 0.6) is 11.5 Å². The number of para-hydroxylation sites is 1. The van der Waals surface area contributed by atoms with Crippen LogP contribution in [-0.2, 0) is 4.79 Å². The molecule has 0 fully saturated rings. The molecule has 0 saturated carbocycles. The average Bonchev–Trinajstić information content (AvgIpc) is 3.27. The van der Waals surface area contributed by atoms with Gasteiger partial charge in [0, 0.05) is 12.0 Å². The van der Waals surface area contributed by atoms with Crippen LogP contribution in [0, 0.1) is 11.3 Å². The van der Waals surface area contributed by atoms with Gasteiger partial charge in [0.2, 0.25) is 5.91 Å². The minimum atomic E-state index is -0.101. The second kappa shape index (κ2) is 10.4. The van der Waals surface area contributed by atoms with Gasteiger partial charge in [0.1, 0.15) is 33.3 Å². The summed E-state index contributed by atoms with van der Waals surface area (Å²) in [7, 11) is 0. The second-order valence-electron chi connectivity index (χ2n) is 7.12. The minimum Gasteiger partial charge on any atom is -0.457 e. The summed E-state index contributed by atoms with van der Waals surface area (Å²) in [6.45, 7) is 1.80. The predicted octanol–water partition coefficient (Wildman–Crippen LogP) is 7.02. The van der Waals surface area contributed by atoms with Crippen LogP contribution in [0.25, 0.3) is 22.9 Å². The summed E-state index contributed by atoms with van der Waals surface area (Å²) in [4.78, 5) is 16.8. The van der Waals surface area contributed by atoms with Crippen molar-refractivity contribution in [2.24, 2.45) is 0 Å². The number of benzene rings is 3. The van der Waals surface area contributed by atoms with E-state index in [9.17, 15) is 10.1 Å². The SMILES string of the molecule is CCC(=O)Nc1sc(/C(C#N)=C/c2cccc(Oc3ccccc3)c2)nc1-c1ccccc1. The van der Waals surface area contributed by atoms with Gasteiger partial charge in [-0.1, -0.05) is 78.9 Å². The Morgan fingerprint density at radius 2 is 1.73 bits per heavy atom. The second-order valence-corrected chi connectivity index (χ2v) is 8.12. The van der Waals surface area contributed by atoms with E-state index in [4.69, 9.17) is 9.72 Å². The van der Waals surface area contributed by atoms with Crippen LogP contribution in [0.2, 0.25) is 0 Å². The Kier molecular flexibility index (Phi) is 6.93. The van der Waals surface area contributed by atoms with Gasteiger partial charge in [-0.2, -0.15) is 5.26 Å². The van der Waals surface area contributed by atoms with Gasteiger partial charge in [-0.25, -0.2) is 4.98 Å². The van der Waals surface area contributed by atoms with E-state index in [0.29, 0.717) is 33.4 Å². The Hall–Kier alpha value is -4.21. The number of nitriles is 1. The monoisotopic (exact) mass is 451 g/mol. The summed E-state index contributed by atoms with van der Waals surface area (Å²) in [5.41, 5.74) is 2.75. The molecule has 0 aliphatic carbocycles. The van der Waals surface area contributed by atoms with Crippen molar-refractivity contribution in [2.75, 3.05) is 5.32 Å². The topological polar surface area (TPSA) is 75.0 Å². The van der Waals surface area contributed by atoms with Gasteiger partial charge in [0.25, 0.3) is 0 Å². The number of nitrogens with one attached hydrogen (secondary N) is 1. The fourth-order valence-corrected chi connectivity index (χ4v) is 4.10. The third-order valence-corrected chi connectivity index (χ3v) is 5.75. The Morgan fingerprint density at radius 3 is 2.42 bits per heavy atom. The Bertz CT molecular complexity index is 1320. The normalized spacial score (nSPS) is 11.0. The lowest BCUT2D eigenvalue weighted by Gasteiger charge is -2.06. The maximum absolute atomic E-state index is 12.1. The smallest absolute Gasteiger partial charge is 0.224 e. The van der Waals surface area contributed by atoms with E-state index in [2.05, 4.69) is 11.4 Å². The summed E-state index contributed by atoms with van der Waals surface area (Å²) in [5, 5.41) is 14.0. The fourth-order valence-electron chi connectivity index (χ4n) is 3.13. The van der Waals surface area contributed by atoms with E-state index in [0.717, 1.165) is 16.9 Å². The van der Waals surface area contributed by atoms with Gasteiger partial charge < -0.3 is 10.1 Å². The maximum Gasteiger partial charge on any atom is 0.224 e. The first-order valence-electron chi connectivity index (χ1n) is 10.5. The quantitative estimate of drug-likeness (QED) is 0.307. The first-order valence-corrected chi connectivity index (χ1v) is 11.3. The molecule has 0 saturated heterocycles. The highest BCUT2D eigenvalue weighted by Crippen LogP contribution is 2.36. The Morgan fingerprint density at radius 1 is 1.03 bits per heavy atom. The lowest BCUT2D eigenvalue weighted by atomic mass is 10.1. The molecule has 1 N–H and O–H groups in total. The van der Waals surface area contributed by atoms with E-state index in [-0.39, 0.29) is 5.91 Å². The number of rotatable bonds is 7. The maximum atomic E-state index is 12.1. The van der Waals surface area contributed by atoms with Crippen molar-refractivity contribution in [3.63, 3.8) is 0 Å². The van der Waals surface area contributed by atoms with Gasteiger partial charge in [-0.05, 0) is 35.9 Å². The Balaban J connectivity index is 1.68. The van der Waals surface area contributed by atoms with Gasteiger partial charge in [0.05, 0.1) is 5.57 Å². The van der Waals surface area contributed by atoms with Crippen molar-refractivity contribution < 1.29 is 9.53 Å². The molecule has 1 heterocycles. The molecule has 0 unspecified atom stereocenters. The molecule has 0 radical (unpaired) electrons. The molecular formula is C27H21N3O2S. The zero-order chi connectivity index (χ0) is 23.0. The van der Waals surface area contributed by atoms with Crippen LogP contribution in [0.4, 0.5) is 5.00 Å². The van der Waals surface area contributed by atoms with Gasteiger partial charge in [-0.3, -0.25) is 4.79 Å². The highest BCUT2D eigenvalue weighted by molar-refractivity contribution is 7.17. The molecule has 0 aliphatic rings. The summed E-state index contributed by atoms with van der Waals surface area (Å²) in [6.07, 6.45) is 2.13. The molecule has 0 atom stereocenters. The molecule has 1 aromatic heterocycles. The number of nitrogens with zero attached hydrogens (tertiary/aromatic N) is 2. The lowest BCUT2D eigenvalue weighted by molar-refractivity contribution is -0.115. The van der Waals surface area contributed by atoms with Crippen molar-refractivity contribution in [1.82, 2.24) is 4.98 Å². The van der Waals surface area contributed by atoms with Crippen LogP contribution >= 0.6 is 11.3 Å². The minimum absolute atomic E-state index is 0.101. The number of hydrogen-bond donors (Lipinski definition) is 1. The van der Waals surface area contributed by atoms with Crippen molar-refractivity contribution in [2.45, 2.75) is 13.3 Å². The number of hydrogen-bond acceptors (Lipinski definition) is 5. The van der Waals surface area contributed by atoms with E-state index in [1.54, 1.807) is 13.0 Å². The number of ether oxygens (including phenoxy) is 1. The van der Waals surface area contributed by atoms with Gasteiger partial charge in [-0.15, -0.1) is 0 Å². The molecule has 4 rings (SSSR count). The summed E-state index contributed by atoms with van der Waals surface area (Å²) in [5.74, 6) is 1.31. The number of aromatic nitrogens is 1. The molecule has 162 valence electrons. The number of amides is 1. The molecule has 5 nitrogen and oxygen atoms in total. The molecule has 0 aliphatic heterocycles. The van der Waals surface area contributed by atoms with E-state index in [1.165, 1.54) is 11.3 Å². The van der Waals surface area contributed by atoms with E-state index in [1.807, 2.05) is 84.9 Å². The predicted molar refractivity (Wildman–Crippen MR) is 133 cm³/mol. The average molecular weight is 452 g/mol. The van der Waals surface area contributed by atoms with Gasteiger partial charge in [0.15, 0.2) is 0 Å². The first kappa shape index (κ1) is 22.0. The van der Waals surface area contributed by atoms with E-state index < -0.39 is 0 Å². The largest absolute Gasteiger partial charge is 0.457 e. The molecule has 3 aromatic carbocycles. The van der Waals surface area contributed by atoms with Crippen molar-refractivity contribution in [3.05, 3.63) is 95.5 Å². The van der Waals surface area contributed by atoms with Crippen LogP contribution in [-0.4, -0.2) is 10.9 Å². The fraction of sp³-hybridized carbons (Fsp3) is 0.0741. The highest BCUT2D eigenvalue weighted by atomic mass is 32.1. The Labute approximate surface area is 196 Å². The molecule has 0 bridgehead atoms. The number of carbonyl (C=O) groups excluding carboxylic acids is 1. The molecule has 4 aromatic rings. The zero-order valence-corrected chi connectivity index (χ0v) is 18.8. The van der Waals surface area contributed by atoms with Crippen LogP contribution in [0.15, 0.2) is 84.9 Å². The first-order chi connectivity index (χ1) is 16.2. The molecular weight excluding hydrogens is 430 g/mol. The molecule has 0 spiro atoms. The van der Waals surface area contributed by atoms with Gasteiger partial charge >= 0.3 is 0 Å². The summed E-state index contributed by atoms with van der Waals surface area (Å²) >= 11 is 1.29. The van der Waals surface area contributed by atoms with E-state index >= 15 is 0 Å². The number of anilines is 1. The van der Waals surface area contributed by atoms with Crippen LogP contribution in [0.1, 0.15) is 23.9 Å². The van der Waals surface area contributed by atoms with Crippen LogP contribution < -0.4 is 10.1 Å². The molecule has 6 heteroatoms. The molecule has 33 heavy (non-hydrogen) atoms. The van der Waals surface area contributed by atoms with Crippen molar-refractivity contribution in [1.29, 1.82) is 5.26 Å². The summed E-state index contributed by atoms with van der Waals surface area (Å²) in [6, 6.07) is 28.9. The third kappa shape index (κ3) is 5.53. The third-order valence-electron chi connectivity index (χ3n) is 4.75.